The van der Waals surface area contributed by atoms with Crippen LogP contribution in [0.2, 0.25) is 0 Å². The van der Waals surface area contributed by atoms with Gasteiger partial charge in [-0.2, -0.15) is 0 Å². The summed E-state index contributed by atoms with van der Waals surface area (Å²) in [6.45, 7) is 2.71. The number of fused-ring (bicyclic) bond motifs is 2. The summed E-state index contributed by atoms with van der Waals surface area (Å²) in [7, 11) is 4.25. The molecule has 1 aliphatic heterocycles. The van der Waals surface area contributed by atoms with Crippen molar-refractivity contribution in [3.8, 4) is 0 Å². The second-order valence-corrected chi connectivity index (χ2v) is 6.97. The molecular weight excluding hydrogens is 290 g/mol. The van der Waals surface area contributed by atoms with E-state index in [2.05, 4.69) is 66.4 Å². The molecule has 22 heavy (non-hydrogen) atoms. The van der Waals surface area contributed by atoms with E-state index in [1.165, 1.54) is 26.7 Å². The molecule has 2 N–H and O–H groups in total. The Bertz CT molecular complexity index is 655. The Balaban J connectivity index is 1.95. The van der Waals surface area contributed by atoms with Crippen molar-refractivity contribution in [2.45, 2.75) is 22.8 Å². The lowest BCUT2D eigenvalue weighted by Crippen LogP contribution is -2.25. The predicted octanol–water partition coefficient (Wildman–Crippen LogP) is 3.70. The van der Waals surface area contributed by atoms with E-state index in [-0.39, 0.29) is 0 Å². The van der Waals surface area contributed by atoms with Crippen LogP contribution < -0.4 is 10.6 Å². The molecule has 3 rings (SSSR count). The van der Waals surface area contributed by atoms with Crippen LogP contribution in [0.4, 0.5) is 11.4 Å². The van der Waals surface area contributed by atoms with E-state index in [0.717, 1.165) is 19.5 Å². The summed E-state index contributed by atoms with van der Waals surface area (Å²) in [6, 6.07) is 15.2. The van der Waals surface area contributed by atoms with Gasteiger partial charge in [-0.05, 0) is 56.9 Å². The minimum atomic E-state index is 0.588. The smallest absolute Gasteiger partial charge is 0.0556 e. The molecule has 0 amide bonds. The Labute approximate surface area is 137 Å². The highest BCUT2D eigenvalue weighted by Gasteiger charge is 2.22. The zero-order chi connectivity index (χ0) is 15.5. The van der Waals surface area contributed by atoms with Crippen LogP contribution in [0.5, 0.6) is 0 Å². The number of nitrogens with zero attached hydrogens (tertiary/aromatic N) is 2. The highest BCUT2D eigenvalue weighted by molar-refractivity contribution is 7.99. The first-order valence-corrected chi connectivity index (χ1v) is 8.53. The maximum atomic E-state index is 5.83. The van der Waals surface area contributed by atoms with Gasteiger partial charge >= 0.3 is 0 Å². The van der Waals surface area contributed by atoms with Crippen molar-refractivity contribution in [3.05, 3.63) is 48.0 Å². The molecule has 1 aliphatic rings. The molecule has 0 radical (unpaired) electrons. The molecule has 0 aliphatic carbocycles. The number of para-hydroxylation sites is 1. The predicted molar refractivity (Wildman–Crippen MR) is 95.1 cm³/mol. The monoisotopic (exact) mass is 313 g/mol. The van der Waals surface area contributed by atoms with Crippen molar-refractivity contribution in [3.63, 3.8) is 0 Å². The second kappa shape index (κ2) is 6.73. The van der Waals surface area contributed by atoms with Crippen molar-refractivity contribution in [1.82, 2.24) is 4.90 Å². The minimum Gasteiger partial charge on any atom is -0.340 e. The maximum Gasteiger partial charge on any atom is 0.0556 e. The number of hydrogen-bond acceptors (Lipinski definition) is 4. The molecule has 1 heterocycles. The van der Waals surface area contributed by atoms with Gasteiger partial charge in [0.25, 0.3) is 0 Å². The quantitative estimate of drug-likeness (QED) is 0.912. The fraction of sp³-hybridized carbons (Fsp3) is 0.333. The molecule has 0 bridgehead atoms. The van der Waals surface area contributed by atoms with Crippen molar-refractivity contribution in [1.29, 1.82) is 0 Å². The number of anilines is 2. The normalized spacial score (nSPS) is 13.2. The summed E-state index contributed by atoms with van der Waals surface area (Å²) < 4.78 is 0. The Hall–Kier alpha value is -1.49. The van der Waals surface area contributed by atoms with Gasteiger partial charge in [-0.15, -0.1) is 0 Å². The van der Waals surface area contributed by atoms with E-state index < -0.39 is 0 Å². The Morgan fingerprint density at radius 1 is 1.05 bits per heavy atom. The highest BCUT2D eigenvalue weighted by Crippen LogP contribution is 2.48. The van der Waals surface area contributed by atoms with Gasteiger partial charge in [0.2, 0.25) is 0 Å². The van der Waals surface area contributed by atoms with Crippen LogP contribution in [0.3, 0.4) is 0 Å². The molecule has 0 fully saturated rings. The summed E-state index contributed by atoms with van der Waals surface area (Å²) in [5, 5.41) is 0. The Morgan fingerprint density at radius 3 is 2.59 bits per heavy atom. The van der Waals surface area contributed by atoms with Crippen LogP contribution in [0.25, 0.3) is 0 Å². The lowest BCUT2D eigenvalue weighted by molar-refractivity contribution is 0.402. The molecule has 2 aromatic carbocycles. The topological polar surface area (TPSA) is 32.5 Å². The fourth-order valence-corrected chi connectivity index (χ4v) is 3.86. The molecule has 0 saturated heterocycles. The number of benzene rings is 2. The summed E-state index contributed by atoms with van der Waals surface area (Å²) >= 11 is 1.85. The number of hydrogen-bond donors (Lipinski definition) is 1. The standard InChI is InChI=1S/C18H23N3S/c1-20(2)10-5-11-21-15-6-3-4-7-17(15)22-18-9-8-14(13-19)12-16(18)21/h3-4,6-9,12H,5,10-11,13,19H2,1-2H3. The highest BCUT2D eigenvalue weighted by atomic mass is 32.2. The van der Waals surface area contributed by atoms with Crippen LogP contribution in [-0.4, -0.2) is 32.1 Å². The average molecular weight is 313 g/mol. The van der Waals surface area contributed by atoms with Crippen molar-refractivity contribution in [2.75, 3.05) is 32.1 Å². The summed E-state index contributed by atoms with van der Waals surface area (Å²) in [4.78, 5) is 7.34. The van der Waals surface area contributed by atoms with Gasteiger partial charge in [0.15, 0.2) is 0 Å². The van der Waals surface area contributed by atoms with Crippen molar-refractivity contribution >= 4 is 23.1 Å². The number of nitrogens with two attached hydrogens (primary N) is 1. The van der Waals surface area contributed by atoms with E-state index in [1.54, 1.807) is 0 Å². The van der Waals surface area contributed by atoms with Crippen LogP contribution in [0.15, 0.2) is 52.3 Å². The first kappa shape index (κ1) is 15.4. The molecular formula is C18H23N3S. The van der Waals surface area contributed by atoms with Gasteiger partial charge in [0.1, 0.15) is 0 Å². The molecule has 0 saturated carbocycles. The van der Waals surface area contributed by atoms with Crippen LogP contribution in [0.1, 0.15) is 12.0 Å². The van der Waals surface area contributed by atoms with E-state index in [1.807, 2.05) is 11.8 Å². The third-order valence-electron chi connectivity index (χ3n) is 3.91. The zero-order valence-corrected chi connectivity index (χ0v) is 14.1. The summed E-state index contributed by atoms with van der Waals surface area (Å²) in [5.41, 5.74) is 9.63. The van der Waals surface area contributed by atoms with Crippen molar-refractivity contribution < 1.29 is 0 Å². The molecule has 2 aromatic rings. The van der Waals surface area contributed by atoms with Gasteiger partial charge in [0.05, 0.1) is 11.4 Å². The van der Waals surface area contributed by atoms with Crippen molar-refractivity contribution in [2.24, 2.45) is 5.73 Å². The van der Waals surface area contributed by atoms with Gasteiger partial charge in [-0.1, -0.05) is 30.0 Å². The van der Waals surface area contributed by atoms with E-state index >= 15 is 0 Å². The third kappa shape index (κ3) is 3.14. The first-order chi connectivity index (χ1) is 10.7. The van der Waals surface area contributed by atoms with Crippen LogP contribution in [-0.2, 0) is 6.54 Å². The third-order valence-corrected chi connectivity index (χ3v) is 5.04. The van der Waals surface area contributed by atoms with Gasteiger partial charge in [-0.25, -0.2) is 0 Å². The fourth-order valence-electron chi connectivity index (χ4n) is 2.79. The molecule has 3 nitrogen and oxygen atoms in total. The molecule has 0 spiro atoms. The Kier molecular flexibility index (Phi) is 4.71. The SMILES string of the molecule is CN(C)CCCN1c2ccccc2Sc2ccc(CN)cc21. The average Bonchev–Trinajstić information content (AvgIpc) is 2.53. The molecule has 0 aromatic heterocycles. The van der Waals surface area contributed by atoms with E-state index in [4.69, 9.17) is 5.73 Å². The molecule has 4 heteroatoms. The summed E-state index contributed by atoms with van der Waals surface area (Å²) in [5.74, 6) is 0. The van der Waals surface area contributed by atoms with Gasteiger partial charge in [0, 0.05) is 22.9 Å². The zero-order valence-electron chi connectivity index (χ0n) is 13.2. The van der Waals surface area contributed by atoms with E-state index in [0.29, 0.717) is 6.54 Å². The Morgan fingerprint density at radius 2 is 1.82 bits per heavy atom. The van der Waals surface area contributed by atoms with Crippen LogP contribution in [0, 0.1) is 0 Å². The molecule has 116 valence electrons. The summed E-state index contributed by atoms with van der Waals surface area (Å²) in [6.07, 6.45) is 1.14. The molecule has 0 atom stereocenters. The lowest BCUT2D eigenvalue weighted by atomic mass is 10.1. The minimum absolute atomic E-state index is 0.588. The maximum absolute atomic E-state index is 5.83. The van der Waals surface area contributed by atoms with Gasteiger partial charge < -0.3 is 15.5 Å². The lowest BCUT2D eigenvalue weighted by Gasteiger charge is -2.33. The first-order valence-electron chi connectivity index (χ1n) is 7.71. The van der Waals surface area contributed by atoms with Crippen LogP contribution >= 0.6 is 11.8 Å². The molecule has 0 unspecified atom stereocenters. The van der Waals surface area contributed by atoms with E-state index in [9.17, 15) is 0 Å². The number of rotatable bonds is 5. The van der Waals surface area contributed by atoms with Gasteiger partial charge in [-0.3, -0.25) is 0 Å². The largest absolute Gasteiger partial charge is 0.340 e. The second-order valence-electron chi connectivity index (χ2n) is 5.88.